The highest BCUT2D eigenvalue weighted by Gasteiger charge is 2.48. The maximum Gasteiger partial charge on any atom is 0.325 e. The van der Waals surface area contributed by atoms with Gasteiger partial charge in [-0.3, -0.25) is 14.6 Å². The number of para-hydroxylation sites is 2. The molecule has 35 heavy (non-hydrogen) atoms. The molecule has 0 spiro atoms. The lowest BCUT2D eigenvalue weighted by atomic mass is 10.0. The Kier molecular flexibility index (Phi) is 6.21. The van der Waals surface area contributed by atoms with Crippen LogP contribution in [0.15, 0.2) is 64.5 Å². The van der Waals surface area contributed by atoms with Crippen molar-refractivity contribution in [1.29, 1.82) is 0 Å². The van der Waals surface area contributed by atoms with Crippen molar-refractivity contribution < 1.29 is 9.48 Å². The number of nitrogens with one attached hydrogen (secondary N) is 1. The summed E-state index contributed by atoms with van der Waals surface area (Å²) in [6.07, 6.45) is 2.07. The van der Waals surface area contributed by atoms with Crippen LogP contribution in [0.4, 0.5) is 5.69 Å². The van der Waals surface area contributed by atoms with E-state index in [1.54, 1.807) is 14.3 Å². The van der Waals surface area contributed by atoms with Gasteiger partial charge in [-0.1, -0.05) is 60.6 Å². The van der Waals surface area contributed by atoms with Gasteiger partial charge in [0.2, 0.25) is 11.1 Å². The Morgan fingerprint density at radius 1 is 1.17 bits per heavy atom. The molecular formula is C25H24ClN6O2S+. The molecule has 1 aliphatic heterocycles. The van der Waals surface area contributed by atoms with Gasteiger partial charge >= 0.3 is 11.3 Å². The number of halogens is 1. The maximum atomic E-state index is 13.6. The molecule has 0 saturated carbocycles. The number of amides is 1. The lowest BCUT2D eigenvalue weighted by Gasteiger charge is -2.32. The van der Waals surface area contributed by atoms with Gasteiger partial charge in [0.25, 0.3) is 6.17 Å². The molecule has 10 heteroatoms. The van der Waals surface area contributed by atoms with Crippen LogP contribution in [0, 0.1) is 6.92 Å². The molecular weight excluding hydrogens is 484 g/mol. The Morgan fingerprint density at radius 2 is 1.89 bits per heavy atom. The Bertz CT molecular complexity index is 1480. The summed E-state index contributed by atoms with van der Waals surface area (Å²) in [5.41, 5.74) is 3.42. The average molecular weight is 508 g/mol. The monoisotopic (exact) mass is 507 g/mol. The van der Waals surface area contributed by atoms with Crippen molar-refractivity contribution in [1.82, 2.24) is 19.9 Å². The van der Waals surface area contributed by atoms with Gasteiger partial charge < -0.3 is 0 Å². The number of aromatic amines is 1. The van der Waals surface area contributed by atoms with E-state index in [9.17, 15) is 9.59 Å². The number of anilines is 1. The molecule has 8 nitrogen and oxygen atoms in total. The summed E-state index contributed by atoms with van der Waals surface area (Å²) in [4.78, 5) is 31.5. The summed E-state index contributed by atoms with van der Waals surface area (Å²) in [7, 11) is 0. The van der Waals surface area contributed by atoms with Crippen molar-refractivity contribution in [3.8, 4) is 16.9 Å². The van der Waals surface area contributed by atoms with Gasteiger partial charge in [0.05, 0.1) is 22.6 Å². The van der Waals surface area contributed by atoms with E-state index in [2.05, 4.69) is 4.98 Å². The zero-order valence-corrected chi connectivity index (χ0v) is 21.1. The van der Waals surface area contributed by atoms with Crippen LogP contribution in [-0.2, 0) is 4.79 Å². The molecule has 0 fully saturated rings. The van der Waals surface area contributed by atoms with E-state index in [4.69, 9.17) is 21.8 Å². The normalized spacial score (nSPS) is 14.5. The number of H-pyrrole nitrogens is 1. The Hall–Kier alpha value is -3.43. The molecule has 0 radical (unpaired) electrons. The fourth-order valence-electron chi connectivity index (χ4n) is 4.47. The van der Waals surface area contributed by atoms with Crippen LogP contribution in [0.5, 0.6) is 0 Å². The van der Waals surface area contributed by atoms with E-state index < -0.39 is 6.17 Å². The number of aryl methyl sites for hydroxylation is 1. The van der Waals surface area contributed by atoms with Crippen LogP contribution in [-0.4, -0.2) is 32.0 Å². The van der Waals surface area contributed by atoms with Crippen molar-refractivity contribution in [2.45, 2.75) is 38.0 Å². The van der Waals surface area contributed by atoms with E-state index >= 15 is 0 Å². The molecule has 3 heterocycles. The van der Waals surface area contributed by atoms with E-state index in [0.717, 1.165) is 5.69 Å². The molecule has 1 atom stereocenters. The summed E-state index contributed by atoms with van der Waals surface area (Å²) in [5.74, 6) is -0.0844. The lowest BCUT2D eigenvalue weighted by molar-refractivity contribution is -0.763. The number of carbonyl (C=O) groups excluding carboxylic acids is 1. The molecule has 178 valence electrons. The molecule has 1 N–H and O–H groups in total. The Labute approximate surface area is 211 Å². The third kappa shape index (κ3) is 3.84. The van der Waals surface area contributed by atoms with Crippen LogP contribution in [0.25, 0.3) is 16.9 Å². The molecule has 5 rings (SSSR count). The van der Waals surface area contributed by atoms with Gasteiger partial charge in [-0.15, -0.1) is 0 Å². The lowest BCUT2D eigenvalue weighted by Crippen LogP contribution is -2.61. The second-order valence-electron chi connectivity index (χ2n) is 8.20. The second kappa shape index (κ2) is 9.31. The van der Waals surface area contributed by atoms with Gasteiger partial charge in [0, 0.05) is 11.5 Å². The number of aromatic nitrogens is 5. The Balaban J connectivity index is 1.84. The van der Waals surface area contributed by atoms with E-state index in [-0.39, 0.29) is 11.5 Å². The van der Waals surface area contributed by atoms with Crippen LogP contribution in [0.1, 0.15) is 37.2 Å². The smallest absolute Gasteiger partial charge is 0.291 e. The highest BCUT2D eigenvalue weighted by molar-refractivity contribution is 7.98. The quantitative estimate of drug-likeness (QED) is 0.321. The standard InChI is InChI=1S/C25H23ClN6O2S/c1-4-10-19(33)30-18-14-9-8-13-17(18)21-23(34)27-25(35-3)29-32(21)24(30)20-15(2)28-31(22(20)26)16-11-6-5-7-12-16/h5-9,11-14,24H,4,10H2,1-3H3/p+1/t24-/m1/s1. The molecule has 2 aromatic heterocycles. The van der Waals surface area contributed by atoms with E-state index in [0.29, 0.717) is 51.4 Å². The van der Waals surface area contributed by atoms with Crippen LogP contribution in [0.2, 0.25) is 5.15 Å². The Morgan fingerprint density at radius 3 is 2.60 bits per heavy atom. The minimum Gasteiger partial charge on any atom is -0.291 e. The first-order valence-corrected chi connectivity index (χ1v) is 12.9. The number of rotatable bonds is 5. The molecule has 4 aromatic rings. The zero-order chi connectivity index (χ0) is 24.7. The average Bonchev–Trinajstić information content (AvgIpc) is 3.16. The molecule has 1 aliphatic rings. The van der Waals surface area contributed by atoms with Gasteiger partial charge in [-0.25, -0.2) is 9.58 Å². The summed E-state index contributed by atoms with van der Waals surface area (Å²) in [6, 6.07) is 17.0. The third-order valence-electron chi connectivity index (χ3n) is 5.99. The van der Waals surface area contributed by atoms with Crippen molar-refractivity contribution in [2.24, 2.45) is 0 Å². The fraction of sp³-hybridized carbons (Fsp3) is 0.240. The predicted molar refractivity (Wildman–Crippen MR) is 136 cm³/mol. The van der Waals surface area contributed by atoms with Gasteiger partial charge in [-0.05, 0) is 48.5 Å². The van der Waals surface area contributed by atoms with Crippen LogP contribution in [0.3, 0.4) is 0 Å². The van der Waals surface area contributed by atoms with E-state index in [1.165, 1.54) is 11.8 Å². The van der Waals surface area contributed by atoms with Crippen molar-refractivity contribution in [3.05, 3.63) is 81.4 Å². The fourth-order valence-corrected chi connectivity index (χ4v) is 5.21. The van der Waals surface area contributed by atoms with Crippen molar-refractivity contribution in [2.75, 3.05) is 11.2 Å². The van der Waals surface area contributed by atoms with E-state index in [1.807, 2.05) is 74.7 Å². The van der Waals surface area contributed by atoms with Crippen LogP contribution >= 0.6 is 23.4 Å². The topological polar surface area (TPSA) is 87.8 Å². The summed E-state index contributed by atoms with van der Waals surface area (Å²) in [6.45, 7) is 3.82. The first-order valence-electron chi connectivity index (χ1n) is 11.3. The first kappa shape index (κ1) is 23.3. The second-order valence-corrected chi connectivity index (χ2v) is 9.35. The number of benzene rings is 2. The minimum absolute atomic E-state index is 0.0844. The largest absolute Gasteiger partial charge is 0.325 e. The molecule has 2 aromatic carbocycles. The third-order valence-corrected chi connectivity index (χ3v) is 6.93. The number of hydrogen-bond donors (Lipinski definition) is 1. The van der Waals surface area contributed by atoms with Crippen molar-refractivity contribution in [3.63, 3.8) is 0 Å². The van der Waals surface area contributed by atoms with Gasteiger partial charge in [0.15, 0.2) is 0 Å². The number of carbonyl (C=O) groups is 1. The van der Waals surface area contributed by atoms with Crippen molar-refractivity contribution >= 4 is 35.0 Å². The SMILES string of the molecule is CCCC(=O)N1c2ccccc2-c2c(=O)[nH]c(SC)n[n+]2[C@@H]1c1c(C)nn(-c2ccccc2)c1Cl. The maximum absolute atomic E-state index is 13.6. The number of nitrogens with zero attached hydrogens (tertiary/aromatic N) is 5. The summed E-state index contributed by atoms with van der Waals surface area (Å²) < 4.78 is 3.27. The number of thioether (sulfide) groups is 1. The highest BCUT2D eigenvalue weighted by atomic mass is 35.5. The predicted octanol–water partition coefficient (Wildman–Crippen LogP) is 4.29. The molecule has 0 saturated heterocycles. The molecule has 0 bridgehead atoms. The van der Waals surface area contributed by atoms with Gasteiger partial charge in [-0.2, -0.15) is 5.10 Å². The zero-order valence-electron chi connectivity index (χ0n) is 19.5. The minimum atomic E-state index is -0.780. The van der Waals surface area contributed by atoms with Crippen LogP contribution < -0.4 is 15.1 Å². The first-order chi connectivity index (χ1) is 17.0. The molecule has 0 aliphatic carbocycles. The number of hydrogen-bond acceptors (Lipinski definition) is 5. The molecule has 0 unspecified atom stereocenters. The number of fused-ring (bicyclic) bond motifs is 3. The summed E-state index contributed by atoms with van der Waals surface area (Å²) in [5, 5.41) is 10.2. The molecule has 1 amide bonds. The van der Waals surface area contributed by atoms with Gasteiger partial charge in [0.1, 0.15) is 10.7 Å². The summed E-state index contributed by atoms with van der Waals surface area (Å²) >= 11 is 8.30. The highest BCUT2D eigenvalue weighted by Crippen LogP contribution is 2.40.